The first-order chi connectivity index (χ1) is 12.6. The second-order valence-electron chi connectivity index (χ2n) is 6.23. The Morgan fingerprint density at radius 3 is 2.35 bits per heavy atom. The van der Waals surface area contributed by atoms with Crippen LogP contribution in [0.3, 0.4) is 0 Å². The number of nitrogens with zero attached hydrogens (tertiary/aromatic N) is 2. The van der Waals surface area contributed by atoms with Gasteiger partial charge in [0.1, 0.15) is 17.9 Å². The zero-order chi connectivity index (χ0) is 18.5. The van der Waals surface area contributed by atoms with Crippen molar-refractivity contribution in [3.05, 3.63) is 65.7 Å². The van der Waals surface area contributed by atoms with Crippen molar-refractivity contribution < 1.29 is 14.3 Å². The van der Waals surface area contributed by atoms with Crippen LogP contribution in [0.4, 0.5) is 0 Å². The smallest absolute Gasteiger partial charge is 0.244 e. The van der Waals surface area contributed by atoms with Crippen LogP contribution in [0.15, 0.2) is 54.6 Å². The Morgan fingerprint density at radius 2 is 1.77 bits per heavy atom. The van der Waals surface area contributed by atoms with Crippen molar-refractivity contribution in [2.45, 2.75) is 26.5 Å². The second kappa shape index (κ2) is 7.87. The van der Waals surface area contributed by atoms with Gasteiger partial charge in [-0.3, -0.25) is 9.48 Å². The molecular formula is C21H22N2O3. The van der Waals surface area contributed by atoms with E-state index in [0.29, 0.717) is 18.1 Å². The fourth-order valence-electron chi connectivity index (χ4n) is 2.78. The molecule has 0 amide bonds. The highest BCUT2D eigenvalue weighted by Crippen LogP contribution is 2.33. The molecule has 0 bridgehead atoms. The van der Waals surface area contributed by atoms with Gasteiger partial charge in [0.2, 0.25) is 5.88 Å². The summed E-state index contributed by atoms with van der Waals surface area (Å²) >= 11 is 0. The first-order valence-electron chi connectivity index (χ1n) is 8.53. The van der Waals surface area contributed by atoms with Gasteiger partial charge in [0, 0.05) is 11.6 Å². The Hall–Kier alpha value is -3.08. The van der Waals surface area contributed by atoms with Crippen molar-refractivity contribution in [3.8, 4) is 22.9 Å². The summed E-state index contributed by atoms with van der Waals surface area (Å²) < 4.78 is 12.9. The molecule has 0 fully saturated rings. The first kappa shape index (κ1) is 17.7. The quantitative estimate of drug-likeness (QED) is 0.588. The summed E-state index contributed by atoms with van der Waals surface area (Å²) in [6.45, 7) is 4.41. The minimum atomic E-state index is 0.0832. The Kier molecular flexibility index (Phi) is 5.37. The van der Waals surface area contributed by atoms with Crippen LogP contribution in [0.1, 0.15) is 35.8 Å². The number of rotatable bonds is 7. The summed E-state index contributed by atoms with van der Waals surface area (Å²) in [7, 11) is 1.62. The maximum absolute atomic E-state index is 11.8. The summed E-state index contributed by atoms with van der Waals surface area (Å²) in [6.07, 6.45) is 0.811. The summed E-state index contributed by atoms with van der Waals surface area (Å²) in [4.78, 5) is 11.8. The van der Waals surface area contributed by atoms with Gasteiger partial charge in [0.05, 0.1) is 12.8 Å². The van der Waals surface area contributed by atoms with Crippen LogP contribution < -0.4 is 9.47 Å². The van der Waals surface area contributed by atoms with Gasteiger partial charge < -0.3 is 9.47 Å². The number of aldehydes is 1. The number of carbonyl (C=O) groups is 1. The molecule has 0 spiro atoms. The van der Waals surface area contributed by atoms with E-state index >= 15 is 0 Å². The van der Waals surface area contributed by atoms with Crippen LogP contribution in [0.25, 0.3) is 11.3 Å². The maximum Gasteiger partial charge on any atom is 0.244 e. The van der Waals surface area contributed by atoms with Crippen LogP contribution in [0.2, 0.25) is 0 Å². The van der Waals surface area contributed by atoms with E-state index in [-0.39, 0.29) is 6.04 Å². The molecule has 134 valence electrons. The minimum absolute atomic E-state index is 0.0832. The monoisotopic (exact) mass is 350 g/mol. The Balaban J connectivity index is 1.99. The topological polar surface area (TPSA) is 53.4 Å². The number of hydrogen-bond acceptors (Lipinski definition) is 4. The molecule has 0 N–H and O–H groups in total. The van der Waals surface area contributed by atoms with E-state index < -0.39 is 0 Å². The molecule has 0 atom stereocenters. The Labute approximate surface area is 153 Å². The molecule has 3 aromatic rings. The van der Waals surface area contributed by atoms with Crippen molar-refractivity contribution >= 4 is 6.29 Å². The van der Waals surface area contributed by atoms with Gasteiger partial charge in [-0.1, -0.05) is 30.3 Å². The van der Waals surface area contributed by atoms with Gasteiger partial charge in [-0.15, -0.1) is 5.10 Å². The van der Waals surface area contributed by atoms with Crippen molar-refractivity contribution in [1.82, 2.24) is 9.78 Å². The second-order valence-corrected chi connectivity index (χ2v) is 6.23. The Morgan fingerprint density at radius 1 is 1.08 bits per heavy atom. The molecule has 0 unspecified atom stereocenters. The lowest BCUT2D eigenvalue weighted by Crippen LogP contribution is -2.05. The van der Waals surface area contributed by atoms with E-state index in [1.807, 2.05) is 73.1 Å². The molecule has 5 heteroatoms. The standard InChI is InChI=1S/C21H22N2O3/c1-15(2)23-20(17-9-11-18(25-3)12-10-17)19(13-24)21(22-23)26-14-16-7-5-4-6-8-16/h4-13,15H,14H2,1-3H3. The molecule has 0 saturated heterocycles. The molecule has 0 aliphatic heterocycles. The molecule has 3 rings (SSSR count). The molecule has 1 heterocycles. The average molecular weight is 350 g/mol. The molecule has 0 radical (unpaired) electrons. The fourth-order valence-corrected chi connectivity index (χ4v) is 2.78. The molecule has 1 aromatic heterocycles. The van der Waals surface area contributed by atoms with Crippen molar-refractivity contribution in [1.29, 1.82) is 0 Å². The average Bonchev–Trinajstić information content (AvgIpc) is 3.06. The van der Waals surface area contributed by atoms with Gasteiger partial charge >= 0.3 is 0 Å². The number of ether oxygens (including phenoxy) is 2. The van der Waals surface area contributed by atoms with Gasteiger partial charge in [-0.05, 0) is 43.7 Å². The predicted molar refractivity (Wildman–Crippen MR) is 101 cm³/mol. The molecule has 26 heavy (non-hydrogen) atoms. The van der Waals surface area contributed by atoms with E-state index in [2.05, 4.69) is 5.10 Å². The number of benzene rings is 2. The van der Waals surface area contributed by atoms with Crippen LogP contribution in [0, 0.1) is 0 Å². The highest BCUT2D eigenvalue weighted by atomic mass is 16.5. The van der Waals surface area contributed by atoms with Crippen molar-refractivity contribution in [2.75, 3.05) is 7.11 Å². The third kappa shape index (κ3) is 3.61. The number of methoxy groups -OCH3 is 1. The molecule has 0 aliphatic carbocycles. The number of aromatic nitrogens is 2. The zero-order valence-electron chi connectivity index (χ0n) is 15.2. The highest BCUT2D eigenvalue weighted by Gasteiger charge is 2.22. The van der Waals surface area contributed by atoms with Gasteiger partial charge in [-0.25, -0.2) is 0 Å². The summed E-state index contributed by atoms with van der Waals surface area (Å²) in [5.41, 5.74) is 3.12. The zero-order valence-corrected chi connectivity index (χ0v) is 15.2. The van der Waals surface area contributed by atoms with Crippen molar-refractivity contribution in [2.24, 2.45) is 0 Å². The summed E-state index contributed by atoms with van der Waals surface area (Å²) in [6, 6.07) is 17.5. The van der Waals surface area contributed by atoms with Crippen LogP contribution in [0.5, 0.6) is 11.6 Å². The van der Waals surface area contributed by atoms with E-state index in [1.54, 1.807) is 7.11 Å². The maximum atomic E-state index is 11.8. The molecular weight excluding hydrogens is 328 g/mol. The van der Waals surface area contributed by atoms with Gasteiger partial charge in [0.15, 0.2) is 6.29 Å². The van der Waals surface area contributed by atoms with E-state index in [1.165, 1.54) is 0 Å². The molecule has 5 nitrogen and oxygen atoms in total. The van der Waals surface area contributed by atoms with Crippen LogP contribution >= 0.6 is 0 Å². The minimum Gasteiger partial charge on any atom is -0.497 e. The lowest BCUT2D eigenvalue weighted by atomic mass is 10.1. The normalized spacial score (nSPS) is 10.8. The third-order valence-corrected chi connectivity index (χ3v) is 4.10. The predicted octanol–water partition coefficient (Wildman–Crippen LogP) is 4.53. The SMILES string of the molecule is COc1ccc(-c2c(C=O)c(OCc3ccccc3)nn2C(C)C)cc1. The van der Waals surface area contributed by atoms with E-state index in [0.717, 1.165) is 28.9 Å². The number of carbonyl (C=O) groups excluding carboxylic acids is 1. The molecule has 0 aliphatic rings. The van der Waals surface area contributed by atoms with Gasteiger partial charge in [0.25, 0.3) is 0 Å². The molecule has 0 saturated carbocycles. The number of hydrogen-bond donors (Lipinski definition) is 0. The van der Waals surface area contributed by atoms with Gasteiger partial charge in [-0.2, -0.15) is 0 Å². The fraction of sp³-hybridized carbons (Fsp3) is 0.238. The van der Waals surface area contributed by atoms with E-state index in [4.69, 9.17) is 9.47 Å². The largest absolute Gasteiger partial charge is 0.497 e. The Bertz CT molecular complexity index is 868. The molecule has 2 aromatic carbocycles. The highest BCUT2D eigenvalue weighted by molar-refractivity contribution is 5.89. The van der Waals surface area contributed by atoms with Crippen molar-refractivity contribution in [3.63, 3.8) is 0 Å². The van der Waals surface area contributed by atoms with Crippen LogP contribution in [-0.2, 0) is 6.61 Å². The summed E-state index contributed by atoms with van der Waals surface area (Å²) in [5.74, 6) is 1.11. The lowest BCUT2D eigenvalue weighted by molar-refractivity contribution is 0.111. The first-order valence-corrected chi connectivity index (χ1v) is 8.53. The summed E-state index contributed by atoms with van der Waals surface area (Å²) in [5, 5.41) is 4.55. The third-order valence-electron chi connectivity index (χ3n) is 4.10. The van der Waals surface area contributed by atoms with E-state index in [9.17, 15) is 4.79 Å². The lowest BCUT2D eigenvalue weighted by Gasteiger charge is -2.11. The van der Waals surface area contributed by atoms with Crippen LogP contribution in [-0.4, -0.2) is 23.2 Å².